The molecule has 0 saturated carbocycles. The molecule has 3 nitrogen and oxygen atoms in total. The molecule has 1 aromatic rings. The summed E-state index contributed by atoms with van der Waals surface area (Å²) in [5.74, 6) is -2.10. The first-order valence-corrected chi connectivity index (χ1v) is 4.82. The molecule has 1 rings (SSSR count). The third-order valence-corrected chi connectivity index (χ3v) is 2.11. The third-order valence-electron chi connectivity index (χ3n) is 2.11. The molecule has 1 aromatic carbocycles. The molecule has 0 radical (unpaired) electrons. The van der Waals surface area contributed by atoms with Crippen LogP contribution >= 0.6 is 0 Å². The maximum atomic E-state index is 13.3. The van der Waals surface area contributed by atoms with Gasteiger partial charge in [0.15, 0.2) is 17.4 Å². The molecular weight excluding hydrogens is 218 g/mol. The van der Waals surface area contributed by atoms with Crippen LogP contribution in [0.3, 0.4) is 0 Å². The van der Waals surface area contributed by atoms with E-state index in [4.69, 9.17) is 14.6 Å². The first-order valence-electron chi connectivity index (χ1n) is 4.82. The molecule has 5 heteroatoms. The van der Waals surface area contributed by atoms with Crippen molar-refractivity contribution in [1.29, 1.82) is 0 Å². The lowest BCUT2D eigenvalue weighted by atomic mass is 10.2. The number of hydrogen-bond acceptors (Lipinski definition) is 3. The number of rotatable bonds is 5. The highest BCUT2D eigenvalue weighted by Crippen LogP contribution is 2.23. The fourth-order valence-corrected chi connectivity index (χ4v) is 1.11. The highest BCUT2D eigenvalue weighted by atomic mass is 19.1. The molecule has 0 aliphatic rings. The quantitative estimate of drug-likeness (QED) is 0.842. The van der Waals surface area contributed by atoms with Gasteiger partial charge in [0.2, 0.25) is 0 Å². The summed E-state index contributed by atoms with van der Waals surface area (Å²) in [5.41, 5.74) is 0.169. The van der Waals surface area contributed by atoms with E-state index >= 15 is 0 Å². The van der Waals surface area contributed by atoms with E-state index in [9.17, 15) is 8.78 Å². The van der Waals surface area contributed by atoms with E-state index in [1.54, 1.807) is 6.92 Å². The second kappa shape index (κ2) is 5.77. The van der Waals surface area contributed by atoms with E-state index in [0.29, 0.717) is 0 Å². The van der Waals surface area contributed by atoms with E-state index < -0.39 is 24.0 Å². The van der Waals surface area contributed by atoms with Crippen molar-refractivity contribution in [2.24, 2.45) is 0 Å². The van der Waals surface area contributed by atoms with Crippen LogP contribution < -0.4 is 4.74 Å². The Bertz CT molecular complexity index is 332. The smallest absolute Gasteiger partial charge is 0.190 e. The minimum absolute atomic E-state index is 0.0583. The first-order chi connectivity index (χ1) is 7.58. The molecule has 1 atom stereocenters. The highest BCUT2D eigenvalue weighted by molar-refractivity contribution is 5.31. The maximum absolute atomic E-state index is 13.3. The monoisotopic (exact) mass is 232 g/mol. The second-order valence-corrected chi connectivity index (χ2v) is 3.40. The van der Waals surface area contributed by atoms with Gasteiger partial charge in [0, 0.05) is 7.11 Å². The number of aliphatic hydroxyl groups excluding tert-OH is 1. The van der Waals surface area contributed by atoms with Crippen molar-refractivity contribution in [1.82, 2.24) is 0 Å². The van der Waals surface area contributed by atoms with Gasteiger partial charge < -0.3 is 14.6 Å². The lowest BCUT2D eigenvalue weighted by Crippen LogP contribution is -2.17. The number of methoxy groups -OCH3 is 1. The molecule has 0 amide bonds. The van der Waals surface area contributed by atoms with Crippen LogP contribution in [-0.4, -0.2) is 24.9 Å². The zero-order chi connectivity index (χ0) is 12.1. The molecule has 0 aliphatic carbocycles. The van der Waals surface area contributed by atoms with E-state index in [-0.39, 0.29) is 18.3 Å². The van der Waals surface area contributed by atoms with Gasteiger partial charge in [-0.05, 0) is 24.6 Å². The van der Waals surface area contributed by atoms with Crippen molar-refractivity contribution in [3.05, 3.63) is 29.3 Å². The van der Waals surface area contributed by atoms with Gasteiger partial charge >= 0.3 is 0 Å². The molecule has 0 aromatic heterocycles. The van der Waals surface area contributed by atoms with Gasteiger partial charge in [-0.25, -0.2) is 8.78 Å². The largest absolute Gasteiger partial charge is 0.485 e. The summed E-state index contributed by atoms with van der Waals surface area (Å²) in [4.78, 5) is 0. The molecule has 90 valence electrons. The predicted molar refractivity (Wildman–Crippen MR) is 54.2 cm³/mol. The van der Waals surface area contributed by atoms with Gasteiger partial charge in [0.25, 0.3) is 0 Å². The zero-order valence-corrected chi connectivity index (χ0v) is 9.17. The molecule has 0 fully saturated rings. The Morgan fingerprint density at radius 3 is 2.31 bits per heavy atom. The average Bonchev–Trinajstić information content (AvgIpc) is 2.27. The van der Waals surface area contributed by atoms with Crippen molar-refractivity contribution in [3.63, 3.8) is 0 Å². The van der Waals surface area contributed by atoms with Crippen LogP contribution in [0, 0.1) is 11.6 Å². The van der Waals surface area contributed by atoms with Crippen LogP contribution in [-0.2, 0) is 11.3 Å². The second-order valence-electron chi connectivity index (χ2n) is 3.40. The molecule has 1 unspecified atom stereocenters. The number of halogens is 2. The van der Waals surface area contributed by atoms with Crippen LogP contribution in [0.1, 0.15) is 12.5 Å². The van der Waals surface area contributed by atoms with Crippen LogP contribution in [0.15, 0.2) is 12.1 Å². The van der Waals surface area contributed by atoms with Crippen molar-refractivity contribution >= 4 is 0 Å². The van der Waals surface area contributed by atoms with Crippen LogP contribution in [0.25, 0.3) is 0 Å². The summed E-state index contributed by atoms with van der Waals surface area (Å²) in [6, 6.07) is 2.08. The first kappa shape index (κ1) is 12.9. The van der Waals surface area contributed by atoms with Crippen LogP contribution in [0.2, 0.25) is 0 Å². The van der Waals surface area contributed by atoms with Crippen LogP contribution in [0.4, 0.5) is 8.78 Å². The Morgan fingerprint density at radius 2 is 1.88 bits per heavy atom. The molecule has 0 bridgehead atoms. The van der Waals surface area contributed by atoms with Crippen molar-refractivity contribution in [2.45, 2.75) is 19.6 Å². The Kier molecular flexibility index (Phi) is 4.64. The van der Waals surface area contributed by atoms with Gasteiger partial charge in [-0.1, -0.05) is 0 Å². The lowest BCUT2D eigenvalue weighted by Gasteiger charge is -2.13. The Hall–Kier alpha value is -1.20. The predicted octanol–water partition coefficient (Wildman–Crippen LogP) is 1.87. The average molecular weight is 232 g/mol. The molecule has 0 aliphatic heterocycles. The van der Waals surface area contributed by atoms with E-state index in [0.717, 1.165) is 12.1 Å². The molecule has 1 N–H and O–H groups in total. The SMILES string of the molecule is COC(C)COc1c(F)cc(CO)cc1F. The molecule has 16 heavy (non-hydrogen) atoms. The summed E-state index contributed by atoms with van der Waals surface area (Å²) in [6.45, 7) is 1.36. The van der Waals surface area contributed by atoms with E-state index in [1.807, 2.05) is 0 Å². The number of ether oxygens (including phenoxy) is 2. The molecule has 0 spiro atoms. The molecule has 0 heterocycles. The molecule has 0 saturated heterocycles. The normalized spacial score (nSPS) is 12.6. The van der Waals surface area contributed by atoms with Gasteiger partial charge in [-0.2, -0.15) is 0 Å². The lowest BCUT2D eigenvalue weighted by molar-refractivity contribution is 0.0685. The summed E-state index contributed by atoms with van der Waals surface area (Å²) in [5, 5.41) is 8.74. The summed E-state index contributed by atoms with van der Waals surface area (Å²) in [6.07, 6.45) is -0.253. The van der Waals surface area contributed by atoms with Crippen LogP contribution in [0.5, 0.6) is 5.75 Å². The number of hydrogen-bond donors (Lipinski definition) is 1. The summed E-state index contributed by atoms with van der Waals surface area (Å²) in [7, 11) is 1.48. The van der Waals surface area contributed by atoms with Crippen molar-refractivity contribution in [3.8, 4) is 5.75 Å². The Morgan fingerprint density at radius 1 is 1.31 bits per heavy atom. The minimum atomic E-state index is -0.827. The zero-order valence-electron chi connectivity index (χ0n) is 9.17. The van der Waals surface area contributed by atoms with Gasteiger partial charge in [0.05, 0.1) is 12.7 Å². The summed E-state index contributed by atoms with van der Waals surface area (Å²) < 4.78 is 36.5. The fourth-order valence-electron chi connectivity index (χ4n) is 1.11. The maximum Gasteiger partial charge on any atom is 0.190 e. The number of aliphatic hydroxyl groups is 1. The molecular formula is C11H14F2O3. The Balaban J connectivity index is 2.80. The summed E-state index contributed by atoms with van der Waals surface area (Å²) >= 11 is 0. The number of benzene rings is 1. The van der Waals surface area contributed by atoms with Gasteiger partial charge in [0.1, 0.15) is 6.61 Å². The third kappa shape index (κ3) is 3.15. The topological polar surface area (TPSA) is 38.7 Å². The Labute approximate surface area is 92.6 Å². The van der Waals surface area contributed by atoms with Crippen molar-refractivity contribution in [2.75, 3.05) is 13.7 Å². The minimum Gasteiger partial charge on any atom is -0.485 e. The van der Waals surface area contributed by atoms with E-state index in [1.165, 1.54) is 7.11 Å². The standard InChI is InChI=1S/C11H14F2O3/c1-7(15-2)6-16-11-9(12)3-8(5-14)4-10(11)13/h3-4,7,14H,5-6H2,1-2H3. The van der Waals surface area contributed by atoms with Gasteiger partial charge in [-0.15, -0.1) is 0 Å². The highest BCUT2D eigenvalue weighted by Gasteiger charge is 2.13. The van der Waals surface area contributed by atoms with E-state index in [2.05, 4.69) is 0 Å². The van der Waals surface area contributed by atoms with Gasteiger partial charge in [-0.3, -0.25) is 0 Å². The fraction of sp³-hybridized carbons (Fsp3) is 0.455. The van der Waals surface area contributed by atoms with Crippen molar-refractivity contribution < 1.29 is 23.4 Å².